The van der Waals surface area contributed by atoms with Crippen LogP contribution >= 0.6 is 0 Å². The molecule has 0 aromatic carbocycles. The minimum atomic E-state index is -5.07. The molecule has 2 amide bonds. The van der Waals surface area contributed by atoms with Gasteiger partial charge in [0.25, 0.3) is 5.88 Å². The van der Waals surface area contributed by atoms with Crippen molar-refractivity contribution in [2.24, 2.45) is 0 Å². The Labute approximate surface area is 206 Å². The van der Waals surface area contributed by atoms with Crippen molar-refractivity contribution in [3.05, 3.63) is 30.5 Å². The van der Waals surface area contributed by atoms with Crippen LogP contribution in [0.4, 0.5) is 31.1 Å². The summed E-state index contributed by atoms with van der Waals surface area (Å²) in [6.07, 6.45) is -6.89. The van der Waals surface area contributed by atoms with Crippen LogP contribution < -0.4 is 14.8 Å². The molecule has 0 radical (unpaired) electrons. The van der Waals surface area contributed by atoms with Gasteiger partial charge in [-0.3, -0.25) is 0 Å². The van der Waals surface area contributed by atoms with Crippen LogP contribution in [0.1, 0.15) is 25.5 Å². The molecule has 202 valence electrons. The monoisotopic (exact) mass is 535 g/mol. The Bertz CT molecular complexity index is 1230. The van der Waals surface area contributed by atoms with Crippen molar-refractivity contribution < 1.29 is 40.6 Å². The Hall–Kier alpha value is -3.85. The fraction of sp³-hybridized carbons (Fsp3) is 0.476. The van der Waals surface area contributed by atoms with E-state index >= 15 is 0 Å². The minimum absolute atomic E-state index is 0.0637. The van der Waals surface area contributed by atoms with E-state index in [2.05, 4.69) is 19.9 Å². The molecule has 3 heterocycles. The van der Waals surface area contributed by atoms with Gasteiger partial charge in [-0.1, -0.05) is 0 Å². The molecule has 0 bridgehead atoms. The molecule has 37 heavy (non-hydrogen) atoms. The second-order valence-electron chi connectivity index (χ2n) is 7.72. The number of hydrogen-bond donors (Lipinski definition) is 1. The average molecular weight is 535 g/mol. The molecule has 0 aliphatic heterocycles. The summed E-state index contributed by atoms with van der Waals surface area (Å²) in [5.74, 6) is 0.262. The largest absolute Gasteiger partial charge is 0.479 e. The number of imidazole rings is 1. The Morgan fingerprint density at radius 3 is 2.41 bits per heavy atom. The lowest BCUT2D eigenvalue weighted by molar-refractivity contribution is -0.171. The van der Waals surface area contributed by atoms with Gasteiger partial charge in [-0.15, -0.1) is 0 Å². The lowest BCUT2D eigenvalue weighted by Crippen LogP contribution is -2.50. The molecule has 1 N–H and O–H groups in total. The third kappa shape index (κ3) is 6.89. The number of alkyl halides is 6. The number of nitrogens with one attached hydrogen (secondary N) is 1. The van der Waals surface area contributed by atoms with Gasteiger partial charge >= 0.3 is 18.4 Å². The van der Waals surface area contributed by atoms with E-state index in [4.69, 9.17) is 9.47 Å². The zero-order chi connectivity index (χ0) is 27.4. The summed E-state index contributed by atoms with van der Waals surface area (Å²) < 4.78 is 89.4. The summed E-state index contributed by atoms with van der Waals surface area (Å²) in [5.41, 5.74) is 1.03. The van der Waals surface area contributed by atoms with Gasteiger partial charge in [0, 0.05) is 31.6 Å². The number of carbonyl (C=O) groups is 1. The number of urea groups is 1. The van der Waals surface area contributed by atoms with Crippen molar-refractivity contribution in [3.8, 4) is 23.1 Å². The maximum Gasteiger partial charge on any atom is 0.408 e. The number of hydrogen-bond acceptors (Lipinski definition) is 7. The molecule has 3 aromatic heterocycles. The third-order valence-corrected chi connectivity index (χ3v) is 5.19. The topological polar surface area (TPSA) is 107 Å². The number of aromatic nitrogens is 5. The first-order valence-electron chi connectivity index (χ1n) is 10.8. The minimum Gasteiger partial charge on any atom is -0.479 e. The molecule has 3 aromatic rings. The molecule has 0 saturated heterocycles. The van der Waals surface area contributed by atoms with Crippen LogP contribution in [0.2, 0.25) is 0 Å². The smallest absolute Gasteiger partial charge is 0.408 e. The highest BCUT2D eigenvalue weighted by molar-refractivity contribution is 5.74. The lowest BCUT2D eigenvalue weighted by Gasteiger charge is -2.27. The summed E-state index contributed by atoms with van der Waals surface area (Å²) in [5, 5.41) is 1.65. The highest BCUT2D eigenvalue weighted by atomic mass is 19.4. The summed E-state index contributed by atoms with van der Waals surface area (Å²) in [6, 6.07) is -3.88. The third-order valence-electron chi connectivity index (χ3n) is 5.19. The van der Waals surface area contributed by atoms with Crippen LogP contribution in [-0.4, -0.2) is 74.4 Å². The Morgan fingerprint density at radius 1 is 1.11 bits per heavy atom. The quantitative estimate of drug-likeness (QED) is 0.413. The molecular weight excluding hydrogens is 512 g/mol. The average Bonchev–Trinajstić information content (AvgIpc) is 3.31. The van der Waals surface area contributed by atoms with Crippen molar-refractivity contribution in [1.82, 2.24) is 34.6 Å². The number of carbonyl (C=O) groups excluding carboxylic acids is 1. The molecule has 0 aliphatic carbocycles. The zero-order valence-electron chi connectivity index (χ0n) is 19.9. The summed E-state index contributed by atoms with van der Waals surface area (Å²) in [4.78, 5) is 30.6. The number of fused-ring (bicyclic) bond motifs is 1. The Morgan fingerprint density at radius 2 is 1.81 bits per heavy atom. The fourth-order valence-electron chi connectivity index (χ4n) is 3.35. The normalized spacial score (nSPS) is 12.9. The van der Waals surface area contributed by atoms with E-state index in [-0.39, 0.29) is 41.9 Å². The maximum atomic E-state index is 13.3. The van der Waals surface area contributed by atoms with E-state index in [0.29, 0.717) is 5.65 Å². The summed E-state index contributed by atoms with van der Waals surface area (Å²) >= 11 is 0. The second kappa shape index (κ2) is 11.0. The molecule has 0 saturated carbocycles. The second-order valence-corrected chi connectivity index (χ2v) is 7.72. The predicted molar refractivity (Wildman–Crippen MR) is 117 cm³/mol. The van der Waals surface area contributed by atoms with E-state index < -0.39 is 37.3 Å². The van der Waals surface area contributed by atoms with Crippen molar-refractivity contribution in [2.75, 3.05) is 20.8 Å². The highest BCUT2D eigenvalue weighted by Gasteiger charge is 2.43. The molecule has 0 fully saturated rings. The van der Waals surface area contributed by atoms with Crippen LogP contribution in [-0.2, 0) is 6.54 Å². The van der Waals surface area contributed by atoms with Gasteiger partial charge < -0.3 is 24.1 Å². The molecule has 1 atom stereocenters. The summed E-state index contributed by atoms with van der Waals surface area (Å²) in [7, 11) is 2.75. The predicted octanol–water partition coefficient (Wildman–Crippen LogP) is 4.01. The van der Waals surface area contributed by atoms with Gasteiger partial charge in [0.2, 0.25) is 5.88 Å². The van der Waals surface area contributed by atoms with Crippen molar-refractivity contribution in [1.29, 1.82) is 0 Å². The van der Waals surface area contributed by atoms with E-state index in [1.807, 2.05) is 0 Å². The van der Waals surface area contributed by atoms with Gasteiger partial charge in [-0.25, -0.2) is 24.7 Å². The number of amides is 2. The number of halogens is 6. The molecular formula is C21H23F6N7O3. The van der Waals surface area contributed by atoms with Gasteiger partial charge in [-0.05, 0) is 13.3 Å². The standard InChI is InChI=1S/C21H23F6N7O3/c1-4-33(19(35)32-14(21(25,26)27)5-6-20(22,23)24)10-12-9-29-17(36-2)15(30-12)13-11-34-8-7-28-16(34)18(31-13)37-3/h7-9,11,14H,4-6,10H2,1-3H3,(H,32,35)/t14-/m0/s1. The van der Waals surface area contributed by atoms with Crippen LogP contribution in [0.3, 0.4) is 0 Å². The van der Waals surface area contributed by atoms with Crippen LogP contribution in [0.5, 0.6) is 11.8 Å². The van der Waals surface area contributed by atoms with Crippen LogP contribution in [0.25, 0.3) is 17.0 Å². The molecule has 3 rings (SSSR count). The van der Waals surface area contributed by atoms with Gasteiger partial charge in [0.1, 0.15) is 11.7 Å². The van der Waals surface area contributed by atoms with Gasteiger partial charge in [0.15, 0.2) is 11.3 Å². The molecule has 10 nitrogen and oxygen atoms in total. The SMILES string of the molecule is CCN(Cc1cnc(OC)c(-c2cn3ccnc3c(OC)n2)n1)C(=O)N[C@@H](CCC(F)(F)F)C(F)(F)F. The van der Waals surface area contributed by atoms with Gasteiger partial charge in [-0.2, -0.15) is 26.3 Å². The Balaban J connectivity index is 1.86. The highest BCUT2D eigenvalue weighted by Crippen LogP contribution is 2.30. The fourth-order valence-corrected chi connectivity index (χ4v) is 3.35. The van der Waals surface area contributed by atoms with Crippen molar-refractivity contribution in [3.63, 3.8) is 0 Å². The maximum absolute atomic E-state index is 13.3. The van der Waals surface area contributed by atoms with E-state index in [1.54, 1.807) is 22.1 Å². The first kappa shape index (κ1) is 27.7. The first-order valence-corrected chi connectivity index (χ1v) is 10.8. The van der Waals surface area contributed by atoms with Crippen molar-refractivity contribution >= 4 is 11.7 Å². The van der Waals surface area contributed by atoms with Crippen molar-refractivity contribution in [2.45, 2.75) is 44.7 Å². The van der Waals surface area contributed by atoms with Crippen LogP contribution in [0.15, 0.2) is 24.8 Å². The lowest BCUT2D eigenvalue weighted by atomic mass is 10.1. The molecule has 0 spiro atoms. The van der Waals surface area contributed by atoms with E-state index in [1.165, 1.54) is 33.5 Å². The molecule has 0 aliphatic rings. The first-order chi connectivity index (χ1) is 17.4. The molecule has 0 unspecified atom stereocenters. The van der Waals surface area contributed by atoms with E-state index in [0.717, 1.165) is 4.90 Å². The Kier molecular flexibility index (Phi) is 8.28. The zero-order valence-corrected chi connectivity index (χ0v) is 19.9. The number of ether oxygens (including phenoxy) is 2. The molecule has 16 heteroatoms. The number of rotatable bonds is 9. The van der Waals surface area contributed by atoms with Gasteiger partial charge in [0.05, 0.1) is 32.7 Å². The summed E-state index contributed by atoms with van der Waals surface area (Å²) in [6.45, 7) is 1.14. The number of nitrogens with zero attached hydrogens (tertiary/aromatic N) is 6. The van der Waals surface area contributed by atoms with E-state index in [9.17, 15) is 31.1 Å². The van der Waals surface area contributed by atoms with Crippen LogP contribution in [0, 0.1) is 0 Å². The number of methoxy groups -OCH3 is 2.